The highest BCUT2D eigenvalue weighted by Crippen LogP contribution is 2.23. The molecule has 0 aliphatic rings. The fourth-order valence-corrected chi connectivity index (χ4v) is 3.02. The highest BCUT2D eigenvalue weighted by atomic mass is 32.1. The summed E-state index contributed by atoms with van der Waals surface area (Å²) < 4.78 is 2.47. The van der Waals surface area contributed by atoms with Crippen LogP contribution in [0.25, 0.3) is 10.1 Å². The van der Waals surface area contributed by atoms with Crippen LogP contribution in [0.4, 0.5) is 0 Å². The predicted molar refractivity (Wildman–Crippen MR) is 79.1 cm³/mol. The van der Waals surface area contributed by atoms with Gasteiger partial charge in [0.2, 0.25) is 0 Å². The van der Waals surface area contributed by atoms with Crippen LogP contribution in [-0.2, 0) is 0 Å². The van der Waals surface area contributed by atoms with Crippen molar-refractivity contribution in [2.75, 3.05) is 0 Å². The van der Waals surface area contributed by atoms with Gasteiger partial charge in [0.15, 0.2) is 0 Å². The Morgan fingerprint density at radius 3 is 2.53 bits per heavy atom. The first kappa shape index (κ1) is 13.8. The zero-order valence-corrected chi connectivity index (χ0v) is 12.4. The summed E-state index contributed by atoms with van der Waals surface area (Å²) in [6.45, 7) is 7.76. The minimum atomic E-state index is -0.127. The molecule has 0 aliphatic heterocycles. The van der Waals surface area contributed by atoms with E-state index in [1.807, 2.05) is 27.7 Å². The van der Waals surface area contributed by atoms with Crippen molar-refractivity contribution >= 4 is 27.5 Å². The number of carbonyl (C=O) groups is 1. The van der Waals surface area contributed by atoms with E-state index < -0.39 is 0 Å². The normalized spacial score (nSPS) is 11.5. The number of carbonyl (C=O) groups excluding carboxylic acids is 1. The Morgan fingerprint density at radius 1 is 1.26 bits per heavy atom. The van der Waals surface area contributed by atoms with Gasteiger partial charge in [-0.3, -0.25) is 13.5 Å². The van der Waals surface area contributed by atoms with Crippen molar-refractivity contribution < 1.29 is 4.79 Å². The zero-order valence-electron chi connectivity index (χ0n) is 11.6. The molecule has 0 fully saturated rings. The molecule has 0 unspecified atom stereocenters. The fourth-order valence-electron chi connectivity index (χ4n) is 1.92. The summed E-state index contributed by atoms with van der Waals surface area (Å²) in [5, 5.41) is 3.49. The average Bonchev–Trinajstić information content (AvgIpc) is 2.66. The molecule has 0 spiro atoms. The van der Waals surface area contributed by atoms with Gasteiger partial charge in [0, 0.05) is 12.1 Å². The van der Waals surface area contributed by atoms with Crippen LogP contribution >= 0.6 is 11.5 Å². The second kappa shape index (κ2) is 5.17. The van der Waals surface area contributed by atoms with Gasteiger partial charge in [0.05, 0.1) is 15.6 Å². The molecule has 1 aromatic heterocycles. The molecule has 1 heterocycles. The van der Waals surface area contributed by atoms with E-state index >= 15 is 0 Å². The van der Waals surface area contributed by atoms with E-state index in [2.05, 4.69) is 5.32 Å². The molecule has 0 saturated heterocycles. The van der Waals surface area contributed by atoms with Crippen molar-refractivity contribution in [1.82, 2.24) is 9.27 Å². The molecule has 1 aromatic carbocycles. The van der Waals surface area contributed by atoms with Crippen molar-refractivity contribution in [2.45, 2.75) is 39.8 Å². The highest BCUT2D eigenvalue weighted by molar-refractivity contribution is 7.14. The van der Waals surface area contributed by atoms with Crippen molar-refractivity contribution in [2.24, 2.45) is 0 Å². The lowest BCUT2D eigenvalue weighted by atomic mass is 10.1. The van der Waals surface area contributed by atoms with Crippen molar-refractivity contribution in [3.8, 4) is 0 Å². The second-order valence-corrected chi connectivity index (χ2v) is 6.11. The number of nitrogens with zero attached hydrogens (tertiary/aromatic N) is 1. The first-order valence-electron chi connectivity index (χ1n) is 6.37. The number of hydrogen-bond acceptors (Lipinski definition) is 3. The van der Waals surface area contributed by atoms with Crippen LogP contribution in [0.15, 0.2) is 23.0 Å². The molecule has 2 aromatic rings. The standard InChI is InChI=1S/C14H18N2O2S/c1-8(2)15-13(17)10-6-5-7-11-12(10)19-16(9(3)4)14(11)18/h5-9H,1-4H3,(H,15,17). The monoisotopic (exact) mass is 278 g/mol. The molecule has 19 heavy (non-hydrogen) atoms. The minimum Gasteiger partial charge on any atom is -0.350 e. The van der Waals surface area contributed by atoms with Gasteiger partial charge in [-0.15, -0.1) is 0 Å². The molecular formula is C14H18N2O2S. The van der Waals surface area contributed by atoms with Gasteiger partial charge in [-0.2, -0.15) is 0 Å². The Kier molecular flexibility index (Phi) is 3.75. The van der Waals surface area contributed by atoms with Crippen LogP contribution in [-0.4, -0.2) is 15.9 Å². The number of aromatic nitrogens is 1. The molecule has 1 N–H and O–H groups in total. The maximum absolute atomic E-state index is 12.2. The summed E-state index contributed by atoms with van der Waals surface area (Å²) in [6.07, 6.45) is 0. The molecule has 0 atom stereocenters. The van der Waals surface area contributed by atoms with E-state index in [0.29, 0.717) is 10.9 Å². The van der Waals surface area contributed by atoms with Gasteiger partial charge in [-0.25, -0.2) is 0 Å². The summed E-state index contributed by atoms with van der Waals surface area (Å²) >= 11 is 1.36. The largest absolute Gasteiger partial charge is 0.350 e. The Hall–Kier alpha value is -1.62. The molecule has 4 nitrogen and oxygen atoms in total. The summed E-state index contributed by atoms with van der Waals surface area (Å²) in [5.41, 5.74) is 0.557. The maximum atomic E-state index is 12.2. The van der Waals surface area contributed by atoms with E-state index in [4.69, 9.17) is 0 Å². The molecule has 102 valence electrons. The smallest absolute Gasteiger partial charge is 0.268 e. The Balaban J connectivity index is 2.61. The summed E-state index contributed by atoms with van der Waals surface area (Å²) in [5.74, 6) is -0.127. The number of nitrogens with one attached hydrogen (secondary N) is 1. The summed E-state index contributed by atoms with van der Waals surface area (Å²) in [7, 11) is 0. The van der Waals surface area contributed by atoms with Gasteiger partial charge in [0.1, 0.15) is 0 Å². The lowest BCUT2D eigenvalue weighted by Gasteiger charge is -2.08. The quantitative estimate of drug-likeness (QED) is 0.938. The molecule has 2 rings (SSSR count). The Morgan fingerprint density at radius 2 is 1.95 bits per heavy atom. The fraction of sp³-hybridized carbons (Fsp3) is 0.429. The lowest BCUT2D eigenvalue weighted by molar-refractivity contribution is 0.0945. The first-order chi connectivity index (χ1) is 8.91. The molecule has 0 bridgehead atoms. The number of benzene rings is 1. The van der Waals surface area contributed by atoms with Gasteiger partial charge >= 0.3 is 0 Å². The molecule has 5 heteroatoms. The van der Waals surface area contributed by atoms with Crippen LogP contribution in [0.5, 0.6) is 0 Å². The van der Waals surface area contributed by atoms with Gasteiger partial charge < -0.3 is 5.32 Å². The first-order valence-corrected chi connectivity index (χ1v) is 7.14. The van der Waals surface area contributed by atoms with Crippen molar-refractivity contribution in [3.05, 3.63) is 34.1 Å². The number of amides is 1. The summed E-state index contributed by atoms with van der Waals surface area (Å²) in [4.78, 5) is 24.4. The molecular weight excluding hydrogens is 260 g/mol. The Bertz CT molecular complexity index is 668. The third kappa shape index (κ3) is 2.56. The van der Waals surface area contributed by atoms with E-state index in [-0.39, 0.29) is 23.6 Å². The number of rotatable bonds is 3. The topological polar surface area (TPSA) is 51.1 Å². The SMILES string of the molecule is CC(C)NC(=O)c1cccc2c(=O)n(C(C)C)sc12. The predicted octanol–water partition coefficient (Wildman–Crippen LogP) is 2.78. The van der Waals surface area contributed by atoms with E-state index in [0.717, 1.165) is 4.70 Å². The molecule has 0 radical (unpaired) electrons. The van der Waals surface area contributed by atoms with Crippen LogP contribution in [0.2, 0.25) is 0 Å². The molecule has 0 saturated carbocycles. The summed E-state index contributed by atoms with van der Waals surface area (Å²) in [6, 6.07) is 5.48. The van der Waals surface area contributed by atoms with Gasteiger partial charge in [0.25, 0.3) is 11.5 Å². The van der Waals surface area contributed by atoms with E-state index in [1.165, 1.54) is 11.5 Å². The van der Waals surface area contributed by atoms with Crippen molar-refractivity contribution in [1.29, 1.82) is 0 Å². The number of fused-ring (bicyclic) bond motifs is 1. The van der Waals surface area contributed by atoms with Gasteiger partial charge in [-0.05, 0) is 39.8 Å². The molecule has 0 aliphatic carbocycles. The van der Waals surface area contributed by atoms with Crippen LogP contribution in [0, 0.1) is 0 Å². The highest BCUT2D eigenvalue weighted by Gasteiger charge is 2.17. The third-order valence-corrected chi connectivity index (χ3v) is 4.18. The second-order valence-electron chi connectivity index (χ2n) is 5.13. The van der Waals surface area contributed by atoms with Crippen molar-refractivity contribution in [3.63, 3.8) is 0 Å². The number of hydrogen-bond donors (Lipinski definition) is 1. The van der Waals surface area contributed by atoms with E-state index in [9.17, 15) is 9.59 Å². The van der Waals surface area contributed by atoms with Crippen LogP contribution < -0.4 is 10.9 Å². The minimum absolute atomic E-state index is 0.0193. The lowest BCUT2D eigenvalue weighted by Crippen LogP contribution is -2.30. The van der Waals surface area contributed by atoms with Crippen LogP contribution in [0.1, 0.15) is 44.1 Å². The van der Waals surface area contributed by atoms with Gasteiger partial charge in [-0.1, -0.05) is 17.6 Å². The third-order valence-electron chi connectivity index (χ3n) is 2.77. The molecule has 1 amide bonds. The Labute approximate surface area is 116 Å². The zero-order chi connectivity index (χ0) is 14.2. The van der Waals surface area contributed by atoms with Crippen LogP contribution in [0.3, 0.4) is 0 Å². The van der Waals surface area contributed by atoms with E-state index in [1.54, 1.807) is 22.2 Å². The maximum Gasteiger partial charge on any atom is 0.268 e. The average molecular weight is 278 g/mol.